The maximum Gasteiger partial charge on any atom is 0.314 e. The van der Waals surface area contributed by atoms with E-state index in [2.05, 4.69) is 27.9 Å². The molecule has 0 bridgehead atoms. The molecule has 1 aliphatic heterocycles. The number of amides is 2. The van der Waals surface area contributed by atoms with Gasteiger partial charge in [0.15, 0.2) is 0 Å². The van der Waals surface area contributed by atoms with Gasteiger partial charge >= 0.3 is 6.03 Å². The second kappa shape index (κ2) is 5.97. The van der Waals surface area contributed by atoms with E-state index in [0.29, 0.717) is 6.04 Å². The Bertz CT molecular complexity index is 447. The molecule has 1 saturated heterocycles. The Labute approximate surface area is 125 Å². The van der Waals surface area contributed by atoms with Crippen molar-refractivity contribution in [3.05, 3.63) is 26.8 Å². The van der Waals surface area contributed by atoms with Crippen LogP contribution >= 0.6 is 34.2 Å². The molecule has 2 amide bonds. The second-order valence-corrected chi connectivity index (χ2v) is 5.97. The molecule has 18 heavy (non-hydrogen) atoms. The number of hydrogen-bond acceptors (Lipinski definition) is 2. The van der Waals surface area contributed by atoms with Gasteiger partial charge in [0.05, 0.1) is 0 Å². The van der Waals surface area contributed by atoms with Crippen molar-refractivity contribution in [2.24, 2.45) is 5.73 Å². The van der Waals surface area contributed by atoms with Gasteiger partial charge in [-0.3, -0.25) is 0 Å². The summed E-state index contributed by atoms with van der Waals surface area (Å²) < 4.78 is 1.11. The highest BCUT2D eigenvalue weighted by Crippen LogP contribution is 2.24. The summed E-state index contributed by atoms with van der Waals surface area (Å²) in [6.07, 6.45) is 1.84. The molecule has 1 aliphatic rings. The van der Waals surface area contributed by atoms with Crippen molar-refractivity contribution in [1.82, 2.24) is 4.90 Å². The highest BCUT2D eigenvalue weighted by molar-refractivity contribution is 14.1. The number of carbonyl (C=O) groups is 1. The first-order valence-electron chi connectivity index (χ1n) is 5.82. The van der Waals surface area contributed by atoms with Gasteiger partial charge < -0.3 is 16.0 Å². The Kier molecular flexibility index (Phi) is 4.55. The van der Waals surface area contributed by atoms with Gasteiger partial charge in [-0.15, -0.1) is 0 Å². The Balaban J connectivity index is 1.93. The van der Waals surface area contributed by atoms with Gasteiger partial charge in [0.2, 0.25) is 0 Å². The minimum Gasteiger partial charge on any atom is -0.381 e. The molecule has 0 radical (unpaired) electrons. The number of anilines is 1. The fourth-order valence-corrected chi connectivity index (χ4v) is 3.10. The van der Waals surface area contributed by atoms with Crippen LogP contribution in [-0.4, -0.2) is 30.1 Å². The Morgan fingerprint density at radius 2 is 2.11 bits per heavy atom. The van der Waals surface area contributed by atoms with Crippen LogP contribution in [0.15, 0.2) is 18.2 Å². The van der Waals surface area contributed by atoms with Crippen LogP contribution in [0.4, 0.5) is 10.5 Å². The van der Waals surface area contributed by atoms with Gasteiger partial charge in [0, 0.05) is 33.4 Å². The van der Waals surface area contributed by atoms with Crippen LogP contribution in [0.1, 0.15) is 12.8 Å². The number of rotatable bonds is 2. The zero-order valence-corrected chi connectivity index (χ0v) is 12.7. The second-order valence-electron chi connectivity index (χ2n) is 4.37. The number of likely N-dealkylation sites (tertiary alicyclic amines) is 1. The summed E-state index contributed by atoms with van der Waals surface area (Å²) in [6.45, 7) is 1.44. The molecule has 0 atom stereocenters. The molecular weight excluding hydrogens is 365 g/mol. The molecule has 0 spiro atoms. The summed E-state index contributed by atoms with van der Waals surface area (Å²) in [5.41, 5.74) is 6.35. The molecular formula is C12H15ClIN3O. The molecule has 6 heteroatoms. The number of piperidine rings is 1. The van der Waals surface area contributed by atoms with Crippen molar-refractivity contribution in [2.45, 2.75) is 18.9 Å². The van der Waals surface area contributed by atoms with Crippen molar-refractivity contribution < 1.29 is 4.79 Å². The van der Waals surface area contributed by atoms with Crippen molar-refractivity contribution in [3.63, 3.8) is 0 Å². The zero-order valence-electron chi connectivity index (χ0n) is 9.83. The summed E-state index contributed by atoms with van der Waals surface area (Å²) >= 11 is 8.19. The number of nitrogens with zero attached hydrogens (tertiary/aromatic N) is 1. The van der Waals surface area contributed by atoms with Gasteiger partial charge in [-0.1, -0.05) is 11.6 Å². The van der Waals surface area contributed by atoms with Crippen LogP contribution in [0.3, 0.4) is 0 Å². The fraction of sp³-hybridized carbons (Fsp3) is 0.417. The summed E-state index contributed by atoms with van der Waals surface area (Å²) in [5.74, 6) is 0. The average molecular weight is 380 g/mol. The quantitative estimate of drug-likeness (QED) is 0.776. The Morgan fingerprint density at radius 3 is 2.67 bits per heavy atom. The third-order valence-corrected chi connectivity index (χ3v) is 4.22. The summed E-state index contributed by atoms with van der Waals surface area (Å²) in [5, 5.41) is 4.23. The maximum atomic E-state index is 11.0. The van der Waals surface area contributed by atoms with Crippen LogP contribution < -0.4 is 11.1 Å². The Morgan fingerprint density at radius 1 is 1.44 bits per heavy atom. The van der Waals surface area contributed by atoms with E-state index in [4.69, 9.17) is 17.3 Å². The van der Waals surface area contributed by atoms with E-state index in [0.717, 1.165) is 40.2 Å². The van der Waals surface area contributed by atoms with Gasteiger partial charge in [-0.2, -0.15) is 0 Å². The third-order valence-electron chi connectivity index (χ3n) is 3.10. The zero-order chi connectivity index (χ0) is 13.1. The lowest BCUT2D eigenvalue weighted by molar-refractivity contribution is 0.193. The van der Waals surface area contributed by atoms with E-state index >= 15 is 0 Å². The van der Waals surface area contributed by atoms with Crippen molar-refractivity contribution in [2.75, 3.05) is 18.4 Å². The van der Waals surface area contributed by atoms with Crippen molar-refractivity contribution in [3.8, 4) is 0 Å². The minimum atomic E-state index is -0.325. The first kappa shape index (κ1) is 13.7. The number of primary amides is 1. The average Bonchev–Trinajstić information content (AvgIpc) is 2.33. The molecule has 98 valence electrons. The van der Waals surface area contributed by atoms with Crippen molar-refractivity contribution in [1.29, 1.82) is 0 Å². The molecule has 4 nitrogen and oxygen atoms in total. The summed E-state index contributed by atoms with van der Waals surface area (Å²) in [7, 11) is 0. The molecule has 1 heterocycles. The van der Waals surface area contributed by atoms with E-state index in [-0.39, 0.29) is 6.03 Å². The molecule has 1 aromatic rings. The lowest BCUT2D eigenvalue weighted by Gasteiger charge is -2.32. The van der Waals surface area contributed by atoms with E-state index < -0.39 is 0 Å². The molecule has 0 aliphatic carbocycles. The van der Waals surface area contributed by atoms with Gasteiger partial charge in [-0.05, 0) is 53.6 Å². The molecule has 0 unspecified atom stereocenters. The molecule has 1 fully saturated rings. The molecule has 2 rings (SSSR count). The number of hydrogen-bond donors (Lipinski definition) is 2. The van der Waals surface area contributed by atoms with Gasteiger partial charge in [0.25, 0.3) is 0 Å². The predicted octanol–water partition coefficient (Wildman–Crippen LogP) is 2.90. The SMILES string of the molecule is NC(=O)N1CCC(Nc2ccc(Cl)cc2I)CC1. The van der Waals surface area contributed by atoms with E-state index in [9.17, 15) is 4.79 Å². The van der Waals surface area contributed by atoms with Gasteiger partial charge in [-0.25, -0.2) is 4.79 Å². The standard InChI is InChI=1S/C12H15ClIN3O/c13-8-1-2-11(10(14)7-8)16-9-3-5-17(6-4-9)12(15)18/h1-2,7,9,16H,3-6H2,(H2,15,18). The highest BCUT2D eigenvalue weighted by Gasteiger charge is 2.21. The largest absolute Gasteiger partial charge is 0.381 e. The highest BCUT2D eigenvalue weighted by atomic mass is 127. The van der Waals surface area contributed by atoms with E-state index in [1.54, 1.807) is 4.90 Å². The fourth-order valence-electron chi connectivity index (χ4n) is 2.07. The van der Waals surface area contributed by atoms with Crippen molar-refractivity contribution >= 4 is 45.9 Å². The molecule has 1 aromatic carbocycles. The number of benzene rings is 1. The lowest BCUT2D eigenvalue weighted by atomic mass is 10.1. The molecule has 0 saturated carbocycles. The number of urea groups is 1. The van der Waals surface area contributed by atoms with Crippen LogP contribution in [-0.2, 0) is 0 Å². The van der Waals surface area contributed by atoms with E-state index in [1.165, 1.54) is 0 Å². The predicted molar refractivity (Wildman–Crippen MR) is 82.0 cm³/mol. The molecule has 0 aromatic heterocycles. The lowest BCUT2D eigenvalue weighted by Crippen LogP contribution is -2.44. The van der Waals surface area contributed by atoms with Crippen LogP contribution in [0.25, 0.3) is 0 Å². The summed E-state index contributed by atoms with van der Waals surface area (Å²) in [6, 6.07) is 5.86. The number of nitrogens with two attached hydrogens (primary N) is 1. The van der Waals surface area contributed by atoms with Crippen LogP contribution in [0.2, 0.25) is 5.02 Å². The monoisotopic (exact) mass is 379 g/mol. The van der Waals surface area contributed by atoms with Crippen LogP contribution in [0, 0.1) is 3.57 Å². The number of nitrogens with one attached hydrogen (secondary N) is 1. The normalized spacial score (nSPS) is 16.7. The minimum absolute atomic E-state index is 0.325. The maximum absolute atomic E-state index is 11.0. The van der Waals surface area contributed by atoms with E-state index in [1.807, 2.05) is 18.2 Å². The third kappa shape index (κ3) is 3.41. The first-order valence-corrected chi connectivity index (χ1v) is 7.28. The smallest absolute Gasteiger partial charge is 0.314 e. The first-order chi connectivity index (χ1) is 8.56. The topological polar surface area (TPSA) is 58.4 Å². The summed E-state index contributed by atoms with van der Waals surface area (Å²) in [4.78, 5) is 12.7. The molecule has 3 N–H and O–H groups in total. The number of halogens is 2. The Hall–Kier alpha value is -0.690. The number of carbonyl (C=O) groups excluding carboxylic acids is 1. The van der Waals surface area contributed by atoms with Gasteiger partial charge in [0.1, 0.15) is 0 Å². The van der Waals surface area contributed by atoms with Crippen LogP contribution in [0.5, 0.6) is 0 Å².